The number of nitrogens with one attached hydrogen (secondary N) is 2. The predicted octanol–water partition coefficient (Wildman–Crippen LogP) is 3.70. The van der Waals surface area contributed by atoms with Crippen LogP contribution in [0.15, 0.2) is 6.07 Å². The summed E-state index contributed by atoms with van der Waals surface area (Å²) in [5, 5.41) is 6.66. The summed E-state index contributed by atoms with van der Waals surface area (Å²) in [6.07, 6.45) is 2.28. The number of rotatable bonds is 8. The van der Waals surface area contributed by atoms with Gasteiger partial charge in [-0.3, -0.25) is 0 Å². The number of aromatic nitrogens is 2. The van der Waals surface area contributed by atoms with Crippen LogP contribution in [-0.4, -0.2) is 23.1 Å². The molecular formula is C15H28N4. The molecule has 4 nitrogen and oxygen atoms in total. The molecule has 19 heavy (non-hydrogen) atoms. The lowest BCUT2D eigenvalue weighted by Gasteiger charge is -2.11. The van der Waals surface area contributed by atoms with E-state index in [0.29, 0.717) is 11.8 Å². The molecule has 0 aliphatic rings. The molecule has 4 heteroatoms. The molecule has 0 aliphatic heterocycles. The van der Waals surface area contributed by atoms with Crippen molar-refractivity contribution in [2.24, 2.45) is 11.8 Å². The third-order valence-electron chi connectivity index (χ3n) is 2.89. The van der Waals surface area contributed by atoms with Gasteiger partial charge in [0, 0.05) is 24.8 Å². The normalized spacial score (nSPS) is 11.1. The lowest BCUT2D eigenvalue weighted by atomic mass is 10.1. The molecule has 1 heterocycles. The first kappa shape index (κ1) is 15.7. The SMILES string of the molecule is Cc1cc(NCCC(C)C)nc(NCCC(C)C)n1. The van der Waals surface area contributed by atoms with Crippen LogP contribution in [0.2, 0.25) is 0 Å². The second-order valence-corrected chi connectivity index (χ2v) is 5.94. The van der Waals surface area contributed by atoms with Crippen LogP contribution < -0.4 is 10.6 Å². The van der Waals surface area contributed by atoms with E-state index in [-0.39, 0.29) is 0 Å². The maximum atomic E-state index is 4.49. The fraction of sp³-hybridized carbons (Fsp3) is 0.733. The molecular weight excluding hydrogens is 236 g/mol. The van der Waals surface area contributed by atoms with Gasteiger partial charge < -0.3 is 10.6 Å². The van der Waals surface area contributed by atoms with Crippen molar-refractivity contribution >= 4 is 11.8 Å². The molecule has 0 saturated heterocycles. The summed E-state index contributed by atoms with van der Waals surface area (Å²) >= 11 is 0. The second kappa shape index (κ2) is 7.97. The van der Waals surface area contributed by atoms with E-state index in [1.54, 1.807) is 0 Å². The average Bonchev–Trinajstić information content (AvgIpc) is 2.27. The Bertz CT molecular complexity index is 342. The molecule has 0 aliphatic carbocycles. The fourth-order valence-corrected chi connectivity index (χ4v) is 1.70. The number of aryl methyl sites for hydroxylation is 1. The van der Waals surface area contributed by atoms with Gasteiger partial charge in [-0.2, -0.15) is 4.98 Å². The number of anilines is 2. The average molecular weight is 264 g/mol. The highest BCUT2D eigenvalue weighted by atomic mass is 15.1. The summed E-state index contributed by atoms with van der Waals surface area (Å²) in [5.74, 6) is 3.05. The van der Waals surface area contributed by atoms with Gasteiger partial charge in [0.15, 0.2) is 0 Å². The smallest absolute Gasteiger partial charge is 0.224 e. The quantitative estimate of drug-likeness (QED) is 0.751. The fourth-order valence-electron chi connectivity index (χ4n) is 1.70. The van der Waals surface area contributed by atoms with E-state index < -0.39 is 0 Å². The summed E-state index contributed by atoms with van der Waals surface area (Å²) < 4.78 is 0. The molecule has 0 radical (unpaired) electrons. The lowest BCUT2D eigenvalue weighted by molar-refractivity contribution is 0.604. The number of hydrogen-bond acceptors (Lipinski definition) is 4. The molecule has 0 unspecified atom stereocenters. The Morgan fingerprint density at radius 3 is 2.11 bits per heavy atom. The van der Waals surface area contributed by atoms with Crippen molar-refractivity contribution in [1.29, 1.82) is 0 Å². The van der Waals surface area contributed by atoms with Gasteiger partial charge in [-0.05, 0) is 31.6 Å². The highest BCUT2D eigenvalue weighted by Crippen LogP contribution is 2.11. The molecule has 0 fully saturated rings. The van der Waals surface area contributed by atoms with Crippen LogP contribution in [0.3, 0.4) is 0 Å². The van der Waals surface area contributed by atoms with Crippen molar-refractivity contribution in [2.45, 2.75) is 47.5 Å². The molecule has 0 aromatic carbocycles. The van der Waals surface area contributed by atoms with Crippen molar-refractivity contribution in [1.82, 2.24) is 9.97 Å². The Morgan fingerprint density at radius 2 is 1.53 bits per heavy atom. The summed E-state index contributed by atoms with van der Waals surface area (Å²) in [4.78, 5) is 8.91. The topological polar surface area (TPSA) is 49.8 Å². The van der Waals surface area contributed by atoms with Crippen LogP contribution >= 0.6 is 0 Å². The van der Waals surface area contributed by atoms with Crippen molar-refractivity contribution in [3.05, 3.63) is 11.8 Å². The Hall–Kier alpha value is -1.32. The Labute approximate surface area is 117 Å². The van der Waals surface area contributed by atoms with E-state index in [2.05, 4.69) is 48.3 Å². The van der Waals surface area contributed by atoms with Gasteiger partial charge in [-0.1, -0.05) is 27.7 Å². The van der Waals surface area contributed by atoms with Crippen LogP contribution in [0, 0.1) is 18.8 Å². The highest BCUT2D eigenvalue weighted by molar-refractivity contribution is 5.42. The van der Waals surface area contributed by atoms with Gasteiger partial charge in [-0.15, -0.1) is 0 Å². The molecule has 0 amide bonds. The third-order valence-corrected chi connectivity index (χ3v) is 2.89. The lowest BCUT2D eigenvalue weighted by Crippen LogP contribution is -2.11. The summed E-state index contributed by atoms with van der Waals surface area (Å²) in [5.41, 5.74) is 0.995. The zero-order valence-electron chi connectivity index (χ0n) is 13.0. The van der Waals surface area contributed by atoms with Crippen LogP contribution in [-0.2, 0) is 0 Å². The van der Waals surface area contributed by atoms with Crippen LogP contribution in [0.5, 0.6) is 0 Å². The van der Waals surface area contributed by atoms with E-state index in [4.69, 9.17) is 0 Å². The Morgan fingerprint density at radius 1 is 0.947 bits per heavy atom. The minimum atomic E-state index is 0.695. The minimum absolute atomic E-state index is 0.695. The molecule has 0 atom stereocenters. The summed E-state index contributed by atoms with van der Waals surface area (Å²) in [7, 11) is 0. The second-order valence-electron chi connectivity index (χ2n) is 5.94. The van der Waals surface area contributed by atoms with Crippen LogP contribution in [0.25, 0.3) is 0 Å². The Kier molecular flexibility index (Phi) is 6.60. The van der Waals surface area contributed by atoms with E-state index in [9.17, 15) is 0 Å². The first-order chi connectivity index (χ1) is 8.97. The minimum Gasteiger partial charge on any atom is -0.370 e. The standard InChI is InChI=1S/C15H28N4/c1-11(2)6-8-16-14-10-13(5)18-15(19-14)17-9-7-12(3)4/h10-12H,6-9H2,1-5H3,(H2,16,17,18,19). The molecule has 0 saturated carbocycles. The van der Waals surface area contributed by atoms with Crippen LogP contribution in [0.4, 0.5) is 11.8 Å². The van der Waals surface area contributed by atoms with E-state index in [1.165, 1.54) is 0 Å². The third kappa shape index (κ3) is 6.99. The predicted molar refractivity (Wildman–Crippen MR) is 82.7 cm³/mol. The number of nitrogens with zero attached hydrogens (tertiary/aromatic N) is 2. The van der Waals surface area contributed by atoms with Gasteiger partial charge in [0.25, 0.3) is 0 Å². The first-order valence-corrected chi connectivity index (χ1v) is 7.30. The van der Waals surface area contributed by atoms with Crippen molar-refractivity contribution in [3.63, 3.8) is 0 Å². The van der Waals surface area contributed by atoms with E-state index in [0.717, 1.165) is 43.4 Å². The summed E-state index contributed by atoms with van der Waals surface area (Å²) in [6, 6.07) is 1.99. The molecule has 1 aromatic rings. The highest BCUT2D eigenvalue weighted by Gasteiger charge is 2.03. The zero-order chi connectivity index (χ0) is 14.3. The van der Waals surface area contributed by atoms with Crippen molar-refractivity contribution in [2.75, 3.05) is 23.7 Å². The van der Waals surface area contributed by atoms with Gasteiger partial charge in [0.05, 0.1) is 0 Å². The molecule has 2 N–H and O–H groups in total. The first-order valence-electron chi connectivity index (χ1n) is 7.30. The molecule has 108 valence electrons. The monoisotopic (exact) mass is 264 g/mol. The van der Waals surface area contributed by atoms with Crippen molar-refractivity contribution < 1.29 is 0 Å². The number of hydrogen-bond donors (Lipinski definition) is 2. The van der Waals surface area contributed by atoms with Gasteiger partial charge >= 0.3 is 0 Å². The molecule has 0 spiro atoms. The molecule has 0 bridgehead atoms. The molecule has 1 aromatic heterocycles. The van der Waals surface area contributed by atoms with E-state index in [1.807, 2.05) is 13.0 Å². The van der Waals surface area contributed by atoms with Crippen LogP contribution in [0.1, 0.15) is 46.2 Å². The summed E-state index contributed by atoms with van der Waals surface area (Å²) in [6.45, 7) is 12.8. The van der Waals surface area contributed by atoms with Gasteiger partial charge in [-0.25, -0.2) is 4.98 Å². The maximum Gasteiger partial charge on any atom is 0.224 e. The zero-order valence-corrected chi connectivity index (χ0v) is 13.0. The van der Waals surface area contributed by atoms with Crippen molar-refractivity contribution in [3.8, 4) is 0 Å². The van der Waals surface area contributed by atoms with Gasteiger partial charge in [0.2, 0.25) is 5.95 Å². The Balaban J connectivity index is 2.51. The van der Waals surface area contributed by atoms with Gasteiger partial charge in [0.1, 0.15) is 5.82 Å². The molecule has 1 rings (SSSR count). The maximum absolute atomic E-state index is 4.49. The van der Waals surface area contributed by atoms with E-state index >= 15 is 0 Å². The largest absolute Gasteiger partial charge is 0.370 e.